The number of aromatic nitrogens is 3. The van der Waals surface area contributed by atoms with E-state index in [1.54, 1.807) is 30.9 Å². The molecule has 0 spiro atoms. The molecule has 1 saturated heterocycles. The van der Waals surface area contributed by atoms with Crippen LogP contribution in [-0.2, 0) is 55.1 Å². The van der Waals surface area contributed by atoms with Crippen molar-refractivity contribution in [3.63, 3.8) is 0 Å². The summed E-state index contributed by atoms with van der Waals surface area (Å²) in [6, 6.07) is 13.4. The second-order valence-electron chi connectivity index (χ2n) is 17.4. The van der Waals surface area contributed by atoms with Crippen molar-refractivity contribution in [2.24, 2.45) is 5.92 Å². The van der Waals surface area contributed by atoms with Gasteiger partial charge in [0.25, 0.3) is 0 Å². The third-order valence-electron chi connectivity index (χ3n) is 11.0. The number of aliphatic hydroxyl groups is 4. The van der Waals surface area contributed by atoms with E-state index < -0.39 is 110 Å². The molecule has 0 saturated carbocycles. The fraction of sp³-hybridized carbons (Fsp3) is 0.533. The number of amides is 4. The van der Waals surface area contributed by atoms with Gasteiger partial charge in [-0.25, -0.2) is 4.68 Å². The molecule has 4 amide bonds. The third kappa shape index (κ3) is 13.0. The Balaban J connectivity index is 1.24. The largest absolute Gasteiger partial charge is 0.394 e. The van der Waals surface area contributed by atoms with E-state index in [9.17, 15) is 54.0 Å². The van der Waals surface area contributed by atoms with Crippen LogP contribution in [-0.4, -0.2) is 139 Å². The second kappa shape index (κ2) is 22.4. The van der Waals surface area contributed by atoms with Crippen LogP contribution < -0.4 is 20.9 Å². The minimum atomic E-state index is -1.81. The Morgan fingerprint density at radius 1 is 0.785 bits per heavy atom. The van der Waals surface area contributed by atoms with Crippen molar-refractivity contribution in [1.29, 1.82) is 0 Å². The Bertz CT molecular complexity index is 2220. The molecular weight excluding hydrogens is 847 g/mol. The number of aliphatic hydroxyl groups excluding tert-OH is 4. The maximum atomic E-state index is 14.2. The van der Waals surface area contributed by atoms with E-state index in [1.807, 2.05) is 61.9 Å². The molecule has 2 aliphatic heterocycles. The van der Waals surface area contributed by atoms with Gasteiger partial charge >= 0.3 is 0 Å². The molecule has 7 N–H and O–H groups in total. The highest BCUT2D eigenvalue weighted by Crippen LogP contribution is 2.42. The lowest BCUT2D eigenvalue weighted by Gasteiger charge is -2.39. The number of carbonyl (C=O) groups excluding carboxylic acids is 7. The lowest BCUT2D eigenvalue weighted by Crippen LogP contribution is -2.59. The van der Waals surface area contributed by atoms with Crippen molar-refractivity contribution in [1.82, 2.24) is 30.9 Å². The summed E-state index contributed by atoms with van der Waals surface area (Å²) in [7, 11) is 0. The molecule has 0 bridgehead atoms. The van der Waals surface area contributed by atoms with Crippen LogP contribution in [0.2, 0.25) is 0 Å². The van der Waals surface area contributed by atoms with Crippen LogP contribution in [0.25, 0.3) is 22.5 Å². The number of rotatable bonds is 20. The van der Waals surface area contributed by atoms with Gasteiger partial charge in [-0.3, -0.25) is 33.6 Å². The van der Waals surface area contributed by atoms with Gasteiger partial charge in [-0.05, 0) is 32.4 Å². The number of hydrogen-bond donors (Lipinski definition) is 7. The van der Waals surface area contributed by atoms with E-state index in [0.29, 0.717) is 16.9 Å². The minimum Gasteiger partial charge on any atom is -0.394 e. The summed E-state index contributed by atoms with van der Waals surface area (Å²) >= 11 is 0. The second-order valence-corrected chi connectivity index (χ2v) is 17.4. The number of ether oxygens (including phenoxy) is 2. The zero-order valence-corrected chi connectivity index (χ0v) is 37.2. The molecule has 20 nitrogen and oxygen atoms in total. The third-order valence-corrected chi connectivity index (χ3v) is 11.0. The number of fused-ring (bicyclic) bond motifs is 5. The standard InChI is InChI=1S/C45H59N7O13/c1-25(2)33(56)21-47-35(57)16-14-27(54)20-46-36(58)17-15-32(55)30(24-64-44-43(63)42(62)41(61)34(23-53)65-44)48-37(59)18-19-38(60)51-22-26-10-6-7-11-28(26)40-39(29-12-8-9-13-31(29)51)49-50-52(40)45(3,4)5/h6-13,25,30,34,41-44,53,61-63H,14-24H2,1-5H3,(H,46,58)(H,47,57)(H,48,59)/t30-,34?,41+,42-,43?,44+/m0/s1. The summed E-state index contributed by atoms with van der Waals surface area (Å²) in [4.78, 5) is 91.7. The first-order valence-corrected chi connectivity index (χ1v) is 21.6. The molecule has 20 heteroatoms. The summed E-state index contributed by atoms with van der Waals surface area (Å²) in [6.45, 7) is 7.63. The lowest BCUT2D eigenvalue weighted by molar-refractivity contribution is -0.301. The summed E-state index contributed by atoms with van der Waals surface area (Å²) in [5.74, 6) is -3.94. The first kappa shape index (κ1) is 50.2. The zero-order valence-electron chi connectivity index (χ0n) is 37.2. The molecule has 2 unspecified atom stereocenters. The SMILES string of the molecule is CC(C)C(=O)CNC(=O)CCC(=O)CNC(=O)CCC(=O)[C@H](CO[C@@H]1OC(CO)[C@@H](O)[C@H](O)C1O)NC(=O)CCC(=O)N1Cc2ccccc2-c2c(nnn2C(C)(C)C)-c2ccccc21. The van der Waals surface area contributed by atoms with Gasteiger partial charge in [-0.15, -0.1) is 5.10 Å². The maximum Gasteiger partial charge on any atom is 0.227 e. The fourth-order valence-electron chi connectivity index (χ4n) is 7.20. The molecule has 0 aliphatic carbocycles. The first-order valence-electron chi connectivity index (χ1n) is 21.6. The highest BCUT2D eigenvalue weighted by molar-refractivity contribution is 6.01. The highest BCUT2D eigenvalue weighted by atomic mass is 16.7. The number of anilines is 1. The number of nitrogens with one attached hydrogen (secondary N) is 3. The summed E-state index contributed by atoms with van der Waals surface area (Å²) in [6.07, 6.45) is -10.2. The van der Waals surface area contributed by atoms with Crippen molar-refractivity contribution in [3.05, 3.63) is 54.1 Å². The molecule has 3 aromatic rings. The maximum absolute atomic E-state index is 14.2. The molecule has 1 fully saturated rings. The highest BCUT2D eigenvalue weighted by Gasteiger charge is 2.44. The van der Waals surface area contributed by atoms with E-state index in [1.165, 1.54) is 0 Å². The van der Waals surface area contributed by atoms with Crippen molar-refractivity contribution in [2.45, 2.75) is 122 Å². The van der Waals surface area contributed by atoms with Gasteiger partial charge in [0.2, 0.25) is 23.6 Å². The first-order chi connectivity index (χ1) is 30.8. The number of benzene rings is 2. The predicted octanol–water partition coefficient (Wildman–Crippen LogP) is 0.451. The van der Waals surface area contributed by atoms with Gasteiger partial charge in [-0.2, -0.15) is 0 Å². The molecule has 5 rings (SSSR count). The van der Waals surface area contributed by atoms with Crippen LogP contribution in [0.5, 0.6) is 0 Å². The van der Waals surface area contributed by atoms with Crippen molar-refractivity contribution < 1.29 is 63.5 Å². The van der Waals surface area contributed by atoms with Gasteiger partial charge in [0.1, 0.15) is 36.2 Å². The van der Waals surface area contributed by atoms with Crippen molar-refractivity contribution in [2.75, 3.05) is 31.2 Å². The van der Waals surface area contributed by atoms with E-state index in [-0.39, 0.29) is 50.5 Å². The topological polar surface area (TPSA) is 289 Å². The molecule has 3 heterocycles. The summed E-state index contributed by atoms with van der Waals surface area (Å²) < 4.78 is 12.9. The summed E-state index contributed by atoms with van der Waals surface area (Å²) in [5, 5.41) is 57.0. The number of nitrogens with zero attached hydrogens (tertiary/aromatic N) is 4. The molecule has 2 aromatic carbocycles. The average Bonchev–Trinajstić information content (AvgIpc) is 3.73. The Labute approximate surface area is 376 Å². The van der Waals surface area contributed by atoms with Crippen LogP contribution in [0.1, 0.15) is 78.7 Å². The van der Waals surface area contributed by atoms with Crippen molar-refractivity contribution >= 4 is 46.7 Å². The molecule has 352 valence electrons. The lowest BCUT2D eigenvalue weighted by atomic mass is 9.94. The molecular formula is C45H59N7O13. The molecule has 1 aromatic heterocycles. The predicted molar refractivity (Wildman–Crippen MR) is 232 cm³/mol. The molecule has 2 aliphatic rings. The van der Waals surface area contributed by atoms with Crippen LogP contribution in [0, 0.1) is 5.92 Å². The van der Waals surface area contributed by atoms with Crippen LogP contribution >= 0.6 is 0 Å². The Hall–Kier alpha value is -5.77. The van der Waals surface area contributed by atoms with E-state index in [0.717, 1.165) is 16.8 Å². The Morgan fingerprint density at radius 3 is 2.09 bits per heavy atom. The van der Waals surface area contributed by atoms with Gasteiger partial charge < -0.3 is 50.8 Å². The molecule has 6 atom stereocenters. The minimum absolute atomic E-state index is 0.153. The van der Waals surface area contributed by atoms with Gasteiger partial charge in [-0.1, -0.05) is 61.5 Å². The monoisotopic (exact) mass is 905 g/mol. The Morgan fingerprint density at radius 2 is 1.42 bits per heavy atom. The van der Waals surface area contributed by atoms with Crippen molar-refractivity contribution in [3.8, 4) is 22.5 Å². The van der Waals surface area contributed by atoms with Crippen LogP contribution in [0.4, 0.5) is 5.69 Å². The number of ketones is 3. The number of hydrogen-bond acceptors (Lipinski definition) is 15. The van der Waals surface area contributed by atoms with Gasteiger partial charge in [0, 0.05) is 55.6 Å². The summed E-state index contributed by atoms with van der Waals surface area (Å²) in [5.41, 5.74) is 3.83. The van der Waals surface area contributed by atoms with Gasteiger partial charge in [0.05, 0.1) is 49.8 Å². The van der Waals surface area contributed by atoms with E-state index in [2.05, 4.69) is 26.3 Å². The smallest absolute Gasteiger partial charge is 0.227 e. The number of Topliss-reactive ketones (excluding diaryl/α,β-unsaturated/α-hetero) is 3. The molecule has 0 radical (unpaired) electrons. The molecule has 65 heavy (non-hydrogen) atoms. The Kier molecular flexibility index (Phi) is 17.3. The van der Waals surface area contributed by atoms with E-state index in [4.69, 9.17) is 9.47 Å². The zero-order chi connectivity index (χ0) is 47.6. The average molecular weight is 906 g/mol. The van der Waals surface area contributed by atoms with Crippen LogP contribution in [0.15, 0.2) is 48.5 Å². The van der Waals surface area contributed by atoms with Crippen LogP contribution in [0.3, 0.4) is 0 Å². The normalized spacial score (nSPS) is 19.7. The fourth-order valence-corrected chi connectivity index (χ4v) is 7.20. The van der Waals surface area contributed by atoms with E-state index >= 15 is 0 Å². The number of carbonyl (C=O) groups is 7. The quantitative estimate of drug-likeness (QED) is 0.0811. The number of para-hydroxylation sites is 1. The van der Waals surface area contributed by atoms with Gasteiger partial charge in [0.15, 0.2) is 23.6 Å².